The van der Waals surface area contributed by atoms with Crippen LogP contribution in [0.2, 0.25) is 0 Å². The molecule has 2 atom stereocenters. The molecule has 1 aromatic rings. The number of unbranched alkanes of at least 4 members (excludes halogenated alkanes) is 8. The summed E-state index contributed by atoms with van der Waals surface area (Å²) in [5, 5.41) is 3.27. The molecule has 3 rings (SSSR count). The monoisotopic (exact) mass is 530 g/mol. The van der Waals surface area contributed by atoms with Gasteiger partial charge in [0.1, 0.15) is 19.3 Å². The van der Waals surface area contributed by atoms with E-state index in [2.05, 4.69) is 24.1 Å². The quantitative estimate of drug-likeness (QED) is 0.176. The van der Waals surface area contributed by atoms with Gasteiger partial charge in [-0.1, -0.05) is 71.3 Å². The van der Waals surface area contributed by atoms with E-state index in [0.717, 1.165) is 70.0 Å². The lowest BCUT2D eigenvalue weighted by Gasteiger charge is -2.32. The van der Waals surface area contributed by atoms with Crippen molar-refractivity contribution in [3.8, 4) is 11.5 Å². The Kier molecular flexibility index (Phi) is 13.8. The maximum atomic E-state index is 13.1. The van der Waals surface area contributed by atoms with Gasteiger partial charge in [0.05, 0.1) is 6.04 Å². The van der Waals surface area contributed by atoms with E-state index in [1.165, 1.54) is 25.7 Å². The summed E-state index contributed by atoms with van der Waals surface area (Å²) in [7, 11) is 0. The summed E-state index contributed by atoms with van der Waals surface area (Å²) in [4.78, 5) is 28.5. The van der Waals surface area contributed by atoms with Gasteiger partial charge >= 0.3 is 5.97 Å². The lowest BCUT2D eigenvalue weighted by molar-refractivity contribution is -0.152. The standard InChI is InChI=1S/C31H50N2O5/c1-3-5-7-9-11-15-29(34)32-26(24-33-19-13-14-20-33)31(38-30(35)16-12-10-8-6-4-2)25-17-18-27-28(23-25)37-22-21-36-27/h17-18,23,26,31H,3-16,19-22,24H2,1-2H3,(H,32,34)/t26-,31-/m1/s1. The largest absolute Gasteiger partial charge is 0.486 e. The third-order valence-corrected chi connectivity index (χ3v) is 7.51. The number of carbonyl (C=O) groups is 2. The first-order valence-electron chi connectivity index (χ1n) is 15.2. The Balaban J connectivity index is 1.74. The molecule has 1 fully saturated rings. The Morgan fingerprint density at radius 2 is 1.50 bits per heavy atom. The lowest BCUT2D eigenvalue weighted by atomic mass is 9.99. The first-order valence-corrected chi connectivity index (χ1v) is 15.2. The van der Waals surface area contributed by atoms with Crippen LogP contribution in [-0.2, 0) is 14.3 Å². The Hall–Kier alpha value is -2.28. The van der Waals surface area contributed by atoms with E-state index in [-0.39, 0.29) is 17.9 Å². The van der Waals surface area contributed by atoms with Gasteiger partial charge in [-0.3, -0.25) is 9.59 Å². The van der Waals surface area contributed by atoms with Gasteiger partial charge in [-0.15, -0.1) is 0 Å². The van der Waals surface area contributed by atoms with Crippen molar-refractivity contribution in [2.75, 3.05) is 32.8 Å². The van der Waals surface area contributed by atoms with Crippen LogP contribution in [-0.4, -0.2) is 55.7 Å². The predicted octanol–water partition coefficient (Wildman–Crippen LogP) is 6.34. The van der Waals surface area contributed by atoms with E-state index in [4.69, 9.17) is 14.2 Å². The second-order valence-corrected chi connectivity index (χ2v) is 10.8. The molecule has 38 heavy (non-hydrogen) atoms. The molecule has 0 aliphatic carbocycles. The number of hydrogen-bond acceptors (Lipinski definition) is 6. The summed E-state index contributed by atoms with van der Waals surface area (Å²) in [5.41, 5.74) is 0.834. The summed E-state index contributed by atoms with van der Waals surface area (Å²) < 4.78 is 17.7. The van der Waals surface area contributed by atoms with Crippen LogP contribution in [0.1, 0.15) is 115 Å². The number of rotatable bonds is 18. The second kappa shape index (κ2) is 17.3. The maximum Gasteiger partial charge on any atom is 0.306 e. The Labute approximate surface area is 230 Å². The van der Waals surface area contributed by atoms with Crippen molar-refractivity contribution in [1.29, 1.82) is 0 Å². The zero-order chi connectivity index (χ0) is 27.0. The third kappa shape index (κ3) is 10.5. The van der Waals surface area contributed by atoms with E-state index in [1.54, 1.807) is 0 Å². The number of nitrogens with zero attached hydrogens (tertiary/aromatic N) is 1. The fourth-order valence-electron chi connectivity index (χ4n) is 5.32. The van der Waals surface area contributed by atoms with Crippen molar-refractivity contribution in [2.24, 2.45) is 0 Å². The number of esters is 1. The molecule has 1 amide bonds. The molecule has 0 bridgehead atoms. The Bertz CT molecular complexity index is 840. The van der Waals surface area contributed by atoms with E-state index < -0.39 is 6.10 Å². The van der Waals surface area contributed by atoms with Gasteiger partial charge in [0.2, 0.25) is 5.91 Å². The van der Waals surface area contributed by atoms with Crippen LogP contribution in [0.3, 0.4) is 0 Å². The molecular weight excluding hydrogens is 480 g/mol. The number of fused-ring (bicyclic) bond motifs is 1. The first-order chi connectivity index (χ1) is 18.6. The fourth-order valence-corrected chi connectivity index (χ4v) is 5.32. The van der Waals surface area contributed by atoms with Gasteiger partial charge in [-0.05, 0) is 56.5 Å². The van der Waals surface area contributed by atoms with Crippen molar-refractivity contribution in [2.45, 2.75) is 116 Å². The summed E-state index contributed by atoms with van der Waals surface area (Å²) in [6.45, 7) is 8.06. The summed E-state index contributed by atoms with van der Waals surface area (Å²) in [6, 6.07) is 5.42. The van der Waals surface area contributed by atoms with Crippen molar-refractivity contribution < 1.29 is 23.8 Å². The highest BCUT2D eigenvalue weighted by Crippen LogP contribution is 2.35. The fraction of sp³-hybridized carbons (Fsp3) is 0.742. The molecule has 7 nitrogen and oxygen atoms in total. The van der Waals surface area contributed by atoms with Gasteiger partial charge in [-0.2, -0.15) is 0 Å². The number of hydrogen-bond donors (Lipinski definition) is 1. The number of likely N-dealkylation sites (tertiary alicyclic amines) is 1. The molecule has 0 unspecified atom stereocenters. The number of carbonyl (C=O) groups excluding carboxylic acids is 2. The average molecular weight is 531 g/mol. The number of amides is 1. The number of nitrogens with one attached hydrogen (secondary N) is 1. The third-order valence-electron chi connectivity index (χ3n) is 7.51. The molecule has 1 N–H and O–H groups in total. The molecule has 0 radical (unpaired) electrons. The minimum atomic E-state index is -0.585. The Morgan fingerprint density at radius 3 is 2.18 bits per heavy atom. The van der Waals surface area contributed by atoms with Crippen molar-refractivity contribution in [1.82, 2.24) is 10.2 Å². The molecule has 2 aliphatic heterocycles. The molecule has 214 valence electrons. The smallest absolute Gasteiger partial charge is 0.306 e. The summed E-state index contributed by atoms with van der Waals surface area (Å²) >= 11 is 0. The highest BCUT2D eigenvalue weighted by atomic mass is 16.6. The number of benzene rings is 1. The molecule has 1 aromatic carbocycles. The van der Waals surface area contributed by atoms with E-state index >= 15 is 0 Å². The average Bonchev–Trinajstić information content (AvgIpc) is 3.44. The lowest BCUT2D eigenvalue weighted by Crippen LogP contribution is -2.47. The highest BCUT2D eigenvalue weighted by molar-refractivity contribution is 5.76. The molecule has 2 aliphatic rings. The van der Waals surface area contributed by atoms with Crippen molar-refractivity contribution in [3.63, 3.8) is 0 Å². The zero-order valence-electron chi connectivity index (χ0n) is 23.8. The highest BCUT2D eigenvalue weighted by Gasteiger charge is 2.32. The van der Waals surface area contributed by atoms with E-state index in [1.807, 2.05) is 18.2 Å². The van der Waals surface area contributed by atoms with Crippen LogP contribution >= 0.6 is 0 Å². The van der Waals surface area contributed by atoms with Crippen LogP contribution in [0.15, 0.2) is 18.2 Å². The van der Waals surface area contributed by atoms with Crippen LogP contribution < -0.4 is 14.8 Å². The van der Waals surface area contributed by atoms with Crippen molar-refractivity contribution >= 4 is 11.9 Å². The zero-order valence-corrected chi connectivity index (χ0v) is 23.8. The molecule has 0 saturated carbocycles. The number of ether oxygens (including phenoxy) is 3. The molecular formula is C31H50N2O5. The normalized spacial score (nSPS) is 16.7. The first kappa shape index (κ1) is 30.3. The van der Waals surface area contributed by atoms with Gasteiger partial charge in [0.15, 0.2) is 11.5 Å². The molecule has 7 heteroatoms. The van der Waals surface area contributed by atoms with Crippen LogP contribution in [0.5, 0.6) is 11.5 Å². The van der Waals surface area contributed by atoms with Crippen LogP contribution in [0.4, 0.5) is 0 Å². The van der Waals surface area contributed by atoms with Gasteiger partial charge in [-0.25, -0.2) is 0 Å². The second-order valence-electron chi connectivity index (χ2n) is 10.8. The SMILES string of the molecule is CCCCCCCC(=O)N[C@H](CN1CCCC1)[C@H](OC(=O)CCCCCCC)c1ccc2c(c1)OCCO2. The molecule has 2 heterocycles. The van der Waals surface area contributed by atoms with E-state index in [9.17, 15) is 9.59 Å². The van der Waals surface area contributed by atoms with Gasteiger partial charge in [0, 0.05) is 19.4 Å². The molecule has 0 aromatic heterocycles. The minimum absolute atomic E-state index is 0.0313. The summed E-state index contributed by atoms with van der Waals surface area (Å²) in [6.07, 6.45) is 13.5. The maximum absolute atomic E-state index is 13.1. The summed E-state index contributed by atoms with van der Waals surface area (Å²) in [5.74, 6) is 1.19. The van der Waals surface area contributed by atoms with Crippen molar-refractivity contribution in [3.05, 3.63) is 23.8 Å². The van der Waals surface area contributed by atoms with Gasteiger partial charge < -0.3 is 24.4 Å². The minimum Gasteiger partial charge on any atom is -0.486 e. The van der Waals surface area contributed by atoms with Gasteiger partial charge in [0.25, 0.3) is 0 Å². The van der Waals surface area contributed by atoms with E-state index in [0.29, 0.717) is 44.1 Å². The topological polar surface area (TPSA) is 77.1 Å². The molecule has 0 spiro atoms. The van der Waals surface area contributed by atoms with Crippen LogP contribution in [0.25, 0.3) is 0 Å². The van der Waals surface area contributed by atoms with Crippen LogP contribution in [0, 0.1) is 0 Å². The molecule has 1 saturated heterocycles. The Morgan fingerprint density at radius 1 is 0.868 bits per heavy atom. The predicted molar refractivity (Wildman–Crippen MR) is 151 cm³/mol.